The summed E-state index contributed by atoms with van der Waals surface area (Å²) >= 11 is 0. The molecule has 3 aromatic rings. The van der Waals surface area contributed by atoms with Crippen LogP contribution in [0.1, 0.15) is 66.0 Å². The number of nitrogens with one attached hydrogen (secondary N) is 1. The van der Waals surface area contributed by atoms with Gasteiger partial charge in [0.1, 0.15) is 5.82 Å². The molecule has 0 saturated heterocycles. The largest absolute Gasteiger partial charge is 0.449 e. The number of aryl methyl sites for hydroxylation is 1. The van der Waals surface area contributed by atoms with Crippen molar-refractivity contribution in [3.63, 3.8) is 0 Å². The lowest BCUT2D eigenvalue weighted by Gasteiger charge is -2.18. The van der Waals surface area contributed by atoms with Crippen molar-refractivity contribution in [1.29, 1.82) is 0 Å². The Bertz CT molecular complexity index is 1110. The Morgan fingerprint density at radius 2 is 1.93 bits per heavy atom. The lowest BCUT2D eigenvalue weighted by Crippen LogP contribution is -2.37. The lowest BCUT2D eigenvalue weighted by atomic mass is 10.1. The summed E-state index contributed by atoms with van der Waals surface area (Å²) < 4.78 is 23.8. The average Bonchev–Trinajstić information content (AvgIpc) is 3.51. The Hall–Kier alpha value is -3.29. The second-order valence-electron chi connectivity index (χ2n) is 7.65. The van der Waals surface area contributed by atoms with Gasteiger partial charge in [0.2, 0.25) is 0 Å². The molecule has 1 aromatic carbocycles. The van der Waals surface area contributed by atoms with E-state index in [4.69, 9.17) is 9.26 Å². The number of halogens is 1. The van der Waals surface area contributed by atoms with Crippen LogP contribution in [-0.4, -0.2) is 28.1 Å². The quantitative estimate of drug-likeness (QED) is 0.617. The summed E-state index contributed by atoms with van der Waals surface area (Å²) in [6, 6.07) is 7.19. The highest BCUT2D eigenvalue weighted by Gasteiger charge is 2.30. The van der Waals surface area contributed by atoms with Gasteiger partial charge in [-0.2, -0.15) is 0 Å². The van der Waals surface area contributed by atoms with Gasteiger partial charge >= 0.3 is 5.97 Å². The summed E-state index contributed by atoms with van der Waals surface area (Å²) in [5, 5.41) is 7.17. The van der Waals surface area contributed by atoms with E-state index in [-0.39, 0.29) is 11.9 Å². The minimum Gasteiger partial charge on any atom is -0.449 e. The molecule has 7 nitrogen and oxygen atoms in total. The molecule has 1 fully saturated rings. The van der Waals surface area contributed by atoms with Gasteiger partial charge in [-0.05, 0) is 57.4 Å². The van der Waals surface area contributed by atoms with Crippen molar-refractivity contribution in [2.24, 2.45) is 0 Å². The van der Waals surface area contributed by atoms with E-state index in [2.05, 4.69) is 15.5 Å². The van der Waals surface area contributed by atoms with Gasteiger partial charge in [0.15, 0.2) is 6.10 Å². The fourth-order valence-electron chi connectivity index (χ4n) is 3.31. The first-order valence-electron chi connectivity index (χ1n) is 9.87. The van der Waals surface area contributed by atoms with Crippen LogP contribution in [0.5, 0.6) is 0 Å². The van der Waals surface area contributed by atoms with Crippen molar-refractivity contribution in [3.8, 4) is 0 Å². The van der Waals surface area contributed by atoms with Gasteiger partial charge in [-0.1, -0.05) is 17.3 Å². The highest BCUT2D eigenvalue weighted by atomic mass is 19.1. The summed E-state index contributed by atoms with van der Waals surface area (Å²) in [5.74, 6) is -1.12. The van der Waals surface area contributed by atoms with Crippen LogP contribution in [0.25, 0.3) is 11.1 Å². The smallest absolute Gasteiger partial charge is 0.339 e. The van der Waals surface area contributed by atoms with Gasteiger partial charge in [0.25, 0.3) is 11.6 Å². The first-order valence-corrected chi connectivity index (χ1v) is 9.87. The number of aromatic nitrogens is 2. The molecule has 8 heteroatoms. The molecule has 0 bridgehead atoms. The number of carbonyl (C=O) groups excluding carboxylic acids is 2. The molecule has 1 amide bonds. The predicted molar refractivity (Wildman–Crippen MR) is 106 cm³/mol. The number of hydrogen-bond acceptors (Lipinski definition) is 6. The van der Waals surface area contributed by atoms with Gasteiger partial charge in [-0.25, -0.2) is 14.2 Å². The second kappa shape index (κ2) is 7.85. The standard InChI is InChI=1S/C22H22FN3O4/c1-11(14-6-8-16(23)9-7-14)24-20(27)13(3)29-22(28)17-10-18(15-4-5-15)25-21-19(17)12(2)26-30-21/h6-11,13,15H,4-5H2,1-3H3,(H,24,27)/t11-,13+/m0/s1. The number of benzene rings is 1. The summed E-state index contributed by atoms with van der Waals surface area (Å²) in [6.07, 6.45) is 1.01. The van der Waals surface area contributed by atoms with E-state index in [1.807, 2.05) is 0 Å². The Morgan fingerprint density at radius 1 is 1.23 bits per heavy atom. The van der Waals surface area contributed by atoms with Crippen LogP contribution < -0.4 is 5.32 Å². The number of hydrogen-bond donors (Lipinski definition) is 1. The molecule has 1 N–H and O–H groups in total. The van der Waals surface area contributed by atoms with E-state index in [0.29, 0.717) is 28.3 Å². The third-order valence-electron chi connectivity index (χ3n) is 5.23. The molecule has 4 rings (SSSR count). The van der Waals surface area contributed by atoms with Gasteiger partial charge in [-0.15, -0.1) is 0 Å². The summed E-state index contributed by atoms with van der Waals surface area (Å²) in [6.45, 7) is 5.00. The van der Waals surface area contributed by atoms with Crippen LogP contribution in [0, 0.1) is 12.7 Å². The third kappa shape index (κ3) is 4.03. The van der Waals surface area contributed by atoms with Crippen LogP contribution in [0.15, 0.2) is 34.9 Å². The van der Waals surface area contributed by atoms with Gasteiger partial charge < -0.3 is 14.6 Å². The van der Waals surface area contributed by atoms with E-state index >= 15 is 0 Å². The van der Waals surface area contributed by atoms with E-state index in [1.54, 1.807) is 32.0 Å². The molecule has 1 aliphatic carbocycles. The number of amides is 1. The lowest BCUT2D eigenvalue weighted by molar-refractivity contribution is -0.129. The zero-order valence-electron chi connectivity index (χ0n) is 16.9. The normalized spacial score (nSPS) is 15.6. The monoisotopic (exact) mass is 411 g/mol. The number of esters is 1. The highest BCUT2D eigenvalue weighted by Crippen LogP contribution is 2.40. The minimum atomic E-state index is -1.02. The number of rotatable bonds is 6. The molecule has 1 aliphatic rings. The number of ether oxygens (including phenoxy) is 1. The van der Waals surface area contributed by atoms with E-state index < -0.39 is 18.0 Å². The van der Waals surface area contributed by atoms with Crippen molar-refractivity contribution in [3.05, 3.63) is 58.7 Å². The van der Waals surface area contributed by atoms with E-state index in [0.717, 1.165) is 24.1 Å². The third-order valence-corrected chi connectivity index (χ3v) is 5.23. The van der Waals surface area contributed by atoms with Gasteiger partial charge in [-0.3, -0.25) is 4.79 Å². The molecule has 0 unspecified atom stereocenters. The van der Waals surface area contributed by atoms with Crippen molar-refractivity contribution in [2.45, 2.75) is 51.7 Å². The molecule has 0 aliphatic heterocycles. The molecule has 0 radical (unpaired) electrons. The van der Waals surface area contributed by atoms with Crippen molar-refractivity contribution >= 4 is 23.0 Å². The molecule has 2 heterocycles. The maximum atomic E-state index is 13.1. The molecular formula is C22H22FN3O4. The summed E-state index contributed by atoms with van der Waals surface area (Å²) in [5.41, 5.74) is 2.65. The van der Waals surface area contributed by atoms with Crippen LogP contribution in [0.3, 0.4) is 0 Å². The first kappa shape index (κ1) is 20.0. The number of carbonyl (C=O) groups is 2. The predicted octanol–water partition coefficient (Wildman–Crippen LogP) is 3.97. The number of pyridine rings is 1. The maximum Gasteiger partial charge on any atom is 0.339 e. The molecule has 156 valence electrons. The van der Waals surface area contributed by atoms with E-state index in [9.17, 15) is 14.0 Å². The molecule has 30 heavy (non-hydrogen) atoms. The van der Waals surface area contributed by atoms with Crippen LogP contribution in [0.4, 0.5) is 4.39 Å². The zero-order valence-corrected chi connectivity index (χ0v) is 16.9. The van der Waals surface area contributed by atoms with Crippen molar-refractivity contribution < 1.29 is 23.2 Å². The second-order valence-corrected chi connectivity index (χ2v) is 7.65. The fourth-order valence-corrected chi connectivity index (χ4v) is 3.31. The topological polar surface area (TPSA) is 94.3 Å². The molecule has 0 spiro atoms. The zero-order chi connectivity index (χ0) is 21.4. The Kier molecular flexibility index (Phi) is 5.24. The van der Waals surface area contributed by atoms with Crippen molar-refractivity contribution in [2.75, 3.05) is 0 Å². The van der Waals surface area contributed by atoms with Crippen LogP contribution >= 0.6 is 0 Å². The number of fused-ring (bicyclic) bond motifs is 1. The molecule has 1 saturated carbocycles. The highest BCUT2D eigenvalue weighted by molar-refractivity contribution is 6.04. The molecule has 2 atom stereocenters. The van der Waals surface area contributed by atoms with Crippen LogP contribution in [0.2, 0.25) is 0 Å². The first-order chi connectivity index (χ1) is 14.3. The molecular weight excluding hydrogens is 389 g/mol. The minimum absolute atomic E-state index is 0.297. The molecule has 2 aromatic heterocycles. The van der Waals surface area contributed by atoms with E-state index in [1.165, 1.54) is 19.1 Å². The summed E-state index contributed by atoms with van der Waals surface area (Å²) in [4.78, 5) is 29.8. The van der Waals surface area contributed by atoms with Gasteiger partial charge in [0.05, 0.1) is 22.7 Å². The fraction of sp³-hybridized carbons (Fsp3) is 0.364. The number of nitrogens with zero attached hydrogens (tertiary/aromatic N) is 2. The van der Waals surface area contributed by atoms with Crippen molar-refractivity contribution in [1.82, 2.24) is 15.5 Å². The Morgan fingerprint density at radius 3 is 2.60 bits per heavy atom. The maximum absolute atomic E-state index is 13.1. The average molecular weight is 411 g/mol. The Balaban J connectivity index is 1.48. The Labute approximate surface area is 172 Å². The summed E-state index contributed by atoms with van der Waals surface area (Å²) in [7, 11) is 0. The van der Waals surface area contributed by atoms with Gasteiger partial charge in [0, 0.05) is 11.6 Å². The van der Waals surface area contributed by atoms with Crippen LogP contribution in [-0.2, 0) is 9.53 Å². The SMILES string of the molecule is Cc1noc2nc(C3CC3)cc(C(=O)O[C@H](C)C(=O)N[C@@H](C)c3ccc(F)cc3)c12.